The van der Waals surface area contributed by atoms with Gasteiger partial charge in [0.25, 0.3) is 0 Å². The Morgan fingerprint density at radius 2 is 1.82 bits per heavy atom. The van der Waals surface area contributed by atoms with Gasteiger partial charge in [0.1, 0.15) is 0 Å². The lowest BCUT2D eigenvalue weighted by Crippen LogP contribution is -2.64. The summed E-state index contributed by atoms with van der Waals surface area (Å²) in [4.78, 5) is 0. The Morgan fingerprint density at radius 3 is 1.91 bits per heavy atom. The molecular weight excluding hydrogens is 138 g/mol. The summed E-state index contributed by atoms with van der Waals surface area (Å²) in [7, 11) is 0. The van der Waals surface area contributed by atoms with E-state index in [2.05, 4.69) is 0 Å². The molecule has 0 aromatic rings. The third kappa shape index (κ3) is 1.18. The molecule has 66 valence electrons. The lowest BCUT2D eigenvalue weighted by Gasteiger charge is -2.50. The highest BCUT2D eigenvalue weighted by Gasteiger charge is 2.48. The summed E-state index contributed by atoms with van der Waals surface area (Å²) < 4.78 is 0. The molecule has 3 N–H and O–H groups in total. The van der Waals surface area contributed by atoms with Gasteiger partial charge < -0.3 is 10.8 Å². The van der Waals surface area contributed by atoms with Crippen molar-refractivity contribution < 1.29 is 5.11 Å². The molecule has 0 spiro atoms. The molecule has 1 fully saturated rings. The Labute approximate surface area is 68.8 Å². The fraction of sp³-hybridized carbons (Fsp3) is 1.00. The Bertz CT molecular complexity index is 136. The molecule has 1 rings (SSSR count). The molecule has 1 saturated carbocycles. The highest BCUT2D eigenvalue weighted by atomic mass is 16.3. The van der Waals surface area contributed by atoms with E-state index in [1.165, 1.54) is 6.42 Å². The zero-order valence-electron chi connectivity index (χ0n) is 7.56. The summed E-state index contributed by atoms with van der Waals surface area (Å²) in [6, 6.07) is 0. The zero-order chi connectivity index (χ0) is 8.54. The first-order valence-electron chi connectivity index (χ1n) is 4.59. The second kappa shape index (κ2) is 2.76. The third-order valence-corrected chi connectivity index (χ3v) is 3.34. The van der Waals surface area contributed by atoms with Crippen molar-refractivity contribution in [1.82, 2.24) is 0 Å². The molecule has 2 heteroatoms. The van der Waals surface area contributed by atoms with E-state index in [1.807, 2.05) is 13.8 Å². The first-order chi connectivity index (χ1) is 5.08. The van der Waals surface area contributed by atoms with Crippen LogP contribution in [0.3, 0.4) is 0 Å². The molecule has 1 aliphatic carbocycles. The summed E-state index contributed by atoms with van der Waals surface area (Å²) in [5, 5.41) is 10.1. The highest BCUT2D eigenvalue weighted by Crippen LogP contribution is 2.41. The van der Waals surface area contributed by atoms with E-state index in [1.54, 1.807) is 0 Å². The minimum Gasteiger partial charge on any atom is -0.388 e. The van der Waals surface area contributed by atoms with Gasteiger partial charge in [-0.2, -0.15) is 0 Å². The SMILES string of the molecule is CCC(O)(CC)C1(N)CCC1. The largest absolute Gasteiger partial charge is 0.388 e. The molecule has 0 unspecified atom stereocenters. The first-order valence-corrected chi connectivity index (χ1v) is 4.59. The van der Waals surface area contributed by atoms with Gasteiger partial charge in [-0.25, -0.2) is 0 Å². The molecule has 0 bridgehead atoms. The van der Waals surface area contributed by atoms with Crippen LogP contribution in [0.2, 0.25) is 0 Å². The predicted octanol–water partition coefficient (Wildman–Crippen LogP) is 1.42. The van der Waals surface area contributed by atoms with Gasteiger partial charge in [-0.1, -0.05) is 13.8 Å². The standard InChI is InChI=1S/C9H19NO/c1-3-9(11,4-2)8(10)6-5-7-8/h11H,3-7,10H2,1-2H3. The molecule has 0 heterocycles. The monoisotopic (exact) mass is 157 g/mol. The van der Waals surface area contributed by atoms with E-state index >= 15 is 0 Å². The van der Waals surface area contributed by atoms with Crippen molar-refractivity contribution >= 4 is 0 Å². The van der Waals surface area contributed by atoms with E-state index in [0.717, 1.165) is 25.7 Å². The fourth-order valence-electron chi connectivity index (χ4n) is 1.98. The zero-order valence-corrected chi connectivity index (χ0v) is 7.56. The van der Waals surface area contributed by atoms with Gasteiger partial charge in [0.15, 0.2) is 0 Å². The summed E-state index contributed by atoms with van der Waals surface area (Å²) in [6.07, 6.45) is 4.72. The second-order valence-electron chi connectivity index (χ2n) is 3.75. The maximum atomic E-state index is 10.1. The highest BCUT2D eigenvalue weighted by molar-refractivity contribution is 5.07. The van der Waals surface area contributed by atoms with Gasteiger partial charge in [0.2, 0.25) is 0 Å². The summed E-state index contributed by atoms with van der Waals surface area (Å²) in [5.74, 6) is 0. The number of hydrogen-bond acceptors (Lipinski definition) is 2. The van der Waals surface area contributed by atoms with Crippen LogP contribution in [0.4, 0.5) is 0 Å². The molecule has 0 aromatic heterocycles. The van der Waals surface area contributed by atoms with Crippen molar-refractivity contribution in [2.75, 3.05) is 0 Å². The minimum atomic E-state index is -0.606. The van der Waals surface area contributed by atoms with Crippen molar-refractivity contribution in [3.63, 3.8) is 0 Å². The second-order valence-corrected chi connectivity index (χ2v) is 3.75. The van der Waals surface area contributed by atoms with Crippen LogP contribution in [-0.2, 0) is 0 Å². The van der Waals surface area contributed by atoms with Crippen LogP contribution in [0.15, 0.2) is 0 Å². The summed E-state index contributed by atoms with van der Waals surface area (Å²) in [6.45, 7) is 4.02. The Morgan fingerprint density at radius 1 is 1.36 bits per heavy atom. The smallest absolute Gasteiger partial charge is 0.0821 e. The topological polar surface area (TPSA) is 46.2 Å². The van der Waals surface area contributed by atoms with Crippen molar-refractivity contribution in [1.29, 1.82) is 0 Å². The van der Waals surface area contributed by atoms with Gasteiger partial charge in [0.05, 0.1) is 5.60 Å². The lowest BCUT2D eigenvalue weighted by atomic mass is 9.64. The minimum absolute atomic E-state index is 0.267. The average Bonchev–Trinajstić information content (AvgIpc) is 1.98. The van der Waals surface area contributed by atoms with Crippen LogP contribution < -0.4 is 5.73 Å². The number of aliphatic hydroxyl groups is 1. The molecule has 1 aliphatic rings. The summed E-state index contributed by atoms with van der Waals surface area (Å²) in [5.41, 5.74) is 5.18. The third-order valence-electron chi connectivity index (χ3n) is 3.34. The predicted molar refractivity (Wildman–Crippen MR) is 46.3 cm³/mol. The molecule has 11 heavy (non-hydrogen) atoms. The number of nitrogens with two attached hydrogens (primary N) is 1. The quantitative estimate of drug-likeness (QED) is 0.651. The van der Waals surface area contributed by atoms with Gasteiger partial charge >= 0.3 is 0 Å². The number of hydrogen-bond donors (Lipinski definition) is 2. The normalized spacial score (nSPS) is 22.9. The Balaban J connectivity index is 2.67. The van der Waals surface area contributed by atoms with Crippen LogP contribution >= 0.6 is 0 Å². The Hall–Kier alpha value is -0.0800. The molecular formula is C9H19NO. The molecule has 0 radical (unpaired) electrons. The van der Waals surface area contributed by atoms with Crippen LogP contribution in [0.25, 0.3) is 0 Å². The van der Waals surface area contributed by atoms with E-state index in [-0.39, 0.29) is 5.54 Å². The van der Waals surface area contributed by atoms with Crippen LogP contribution in [0, 0.1) is 0 Å². The number of rotatable bonds is 3. The van der Waals surface area contributed by atoms with Crippen molar-refractivity contribution in [2.45, 2.75) is 57.1 Å². The average molecular weight is 157 g/mol. The fourth-order valence-corrected chi connectivity index (χ4v) is 1.98. The molecule has 0 amide bonds. The van der Waals surface area contributed by atoms with Crippen molar-refractivity contribution in [3.8, 4) is 0 Å². The van der Waals surface area contributed by atoms with E-state index < -0.39 is 5.60 Å². The van der Waals surface area contributed by atoms with Crippen LogP contribution in [0.5, 0.6) is 0 Å². The van der Waals surface area contributed by atoms with Gasteiger partial charge in [-0.05, 0) is 32.1 Å². The van der Waals surface area contributed by atoms with Crippen LogP contribution in [0.1, 0.15) is 46.0 Å². The molecule has 0 saturated heterocycles. The maximum absolute atomic E-state index is 10.1. The van der Waals surface area contributed by atoms with Gasteiger partial charge in [-0.15, -0.1) is 0 Å². The van der Waals surface area contributed by atoms with E-state index in [9.17, 15) is 5.11 Å². The Kier molecular flexibility index (Phi) is 2.26. The maximum Gasteiger partial charge on any atom is 0.0821 e. The molecule has 0 atom stereocenters. The van der Waals surface area contributed by atoms with Crippen molar-refractivity contribution in [3.05, 3.63) is 0 Å². The molecule has 0 aromatic carbocycles. The first kappa shape index (κ1) is 9.01. The van der Waals surface area contributed by atoms with E-state index in [0.29, 0.717) is 0 Å². The van der Waals surface area contributed by atoms with Crippen molar-refractivity contribution in [2.24, 2.45) is 5.73 Å². The lowest BCUT2D eigenvalue weighted by molar-refractivity contribution is -0.0759. The molecule has 0 aliphatic heterocycles. The van der Waals surface area contributed by atoms with Crippen LogP contribution in [-0.4, -0.2) is 16.2 Å². The van der Waals surface area contributed by atoms with E-state index in [4.69, 9.17) is 5.73 Å². The molecule has 2 nitrogen and oxygen atoms in total. The van der Waals surface area contributed by atoms with Gasteiger partial charge in [-0.3, -0.25) is 0 Å². The summed E-state index contributed by atoms with van der Waals surface area (Å²) >= 11 is 0. The van der Waals surface area contributed by atoms with Gasteiger partial charge in [0, 0.05) is 5.54 Å².